The molecule has 1 aromatic rings. The largest absolute Gasteiger partial charge is 0.370 e. The molecular formula is C18H27N3. The van der Waals surface area contributed by atoms with Crippen LogP contribution in [0.25, 0.3) is 0 Å². The van der Waals surface area contributed by atoms with Crippen LogP contribution >= 0.6 is 0 Å². The van der Waals surface area contributed by atoms with Crippen molar-refractivity contribution in [3.8, 4) is 6.07 Å². The van der Waals surface area contributed by atoms with E-state index in [4.69, 9.17) is 0 Å². The van der Waals surface area contributed by atoms with E-state index < -0.39 is 0 Å². The number of hydrogen-bond acceptors (Lipinski definition) is 3. The van der Waals surface area contributed by atoms with Crippen LogP contribution in [0.2, 0.25) is 0 Å². The molecule has 3 nitrogen and oxygen atoms in total. The quantitative estimate of drug-likeness (QED) is 0.899. The van der Waals surface area contributed by atoms with Gasteiger partial charge in [-0.15, -0.1) is 0 Å². The molecule has 0 aliphatic carbocycles. The van der Waals surface area contributed by atoms with Gasteiger partial charge in [-0.1, -0.05) is 26.8 Å². The molecule has 1 fully saturated rings. The van der Waals surface area contributed by atoms with E-state index in [0.717, 1.165) is 43.3 Å². The Balaban J connectivity index is 2.04. The van der Waals surface area contributed by atoms with Gasteiger partial charge in [-0.2, -0.15) is 5.26 Å². The zero-order valence-electron chi connectivity index (χ0n) is 13.5. The molecule has 1 heterocycles. The first kappa shape index (κ1) is 15.9. The zero-order chi connectivity index (χ0) is 15.2. The van der Waals surface area contributed by atoms with Gasteiger partial charge < -0.3 is 10.2 Å². The number of rotatable bonds is 5. The van der Waals surface area contributed by atoms with Gasteiger partial charge in [-0.25, -0.2) is 0 Å². The van der Waals surface area contributed by atoms with Gasteiger partial charge in [0.05, 0.1) is 11.3 Å². The van der Waals surface area contributed by atoms with Crippen LogP contribution in [0.3, 0.4) is 0 Å². The second-order valence-electron chi connectivity index (χ2n) is 6.66. The molecule has 1 N–H and O–H groups in total. The SMILES string of the molecule is CC(C)CNCc1ccc(N2CCC(C)CC2)c(C#N)c1. The van der Waals surface area contributed by atoms with Gasteiger partial charge in [-0.3, -0.25) is 0 Å². The molecule has 1 aromatic carbocycles. The van der Waals surface area contributed by atoms with Crippen LogP contribution in [-0.4, -0.2) is 19.6 Å². The highest BCUT2D eigenvalue weighted by atomic mass is 15.1. The Labute approximate surface area is 129 Å². The van der Waals surface area contributed by atoms with Crippen molar-refractivity contribution in [3.05, 3.63) is 29.3 Å². The highest BCUT2D eigenvalue weighted by Crippen LogP contribution is 2.26. The number of anilines is 1. The minimum atomic E-state index is 0.648. The summed E-state index contributed by atoms with van der Waals surface area (Å²) in [5, 5.41) is 12.9. The second-order valence-corrected chi connectivity index (χ2v) is 6.66. The van der Waals surface area contributed by atoms with Gasteiger partial charge in [0.15, 0.2) is 0 Å². The molecule has 1 aliphatic rings. The average Bonchev–Trinajstić information content (AvgIpc) is 2.48. The Morgan fingerprint density at radius 1 is 1.33 bits per heavy atom. The van der Waals surface area contributed by atoms with Crippen LogP contribution in [0, 0.1) is 23.2 Å². The van der Waals surface area contributed by atoms with Gasteiger partial charge in [0.2, 0.25) is 0 Å². The average molecular weight is 285 g/mol. The van der Waals surface area contributed by atoms with E-state index in [1.54, 1.807) is 0 Å². The summed E-state index contributed by atoms with van der Waals surface area (Å²) in [6, 6.07) is 8.70. The summed E-state index contributed by atoms with van der Waals surface area (Å²) in [6.07, 6.45) is 2.45. The number of hydrogen-bond donors (Lipinski definition) is 1. The molecule has 1 saturated heterocycles. The maximum absolute atomic E-state index is 9.44. The van der Waals surface area contributed by atoms with E-state index in [9.17, 15) is 5.26 Å². The lowest BCUT2D eigenvalue weighted by atomic mass is 9.97. The van der Waals surface area contributed by atoms with Crippen molar-refractivity contribution in [2.75, 3.05) is 24.5 Å². The normalized spacial score (nSPS) is 16.2. The molecule has 0 amide bonds. The van der Waals surface area contributed by atoms with Crippen molar-refractivity contribution in [1.82, 2.24) is 5.32 Å². The lowest BCUT2D eigenvalue weighted by molar-refractivity contribution is 0.438. The van der Waals surface area contributed by atoms with Crippen molar-refractivity contribution >= 4 is 5.69 Å². The van der Waals surface area contributed by atoms with Crippen molar-refractivity contribution in [2.45, 2.75) is 40.2 Å². The van der Waals surface area contributed by atoms with E-state index in [1.165, 1.54) is 18.4 Å². The van der Waals surface area contributed by atoms with E-state index in [2.05, 4.69) is 49.2 Å². The molecule has 2 rings (SSSR count). The summed E-state index contributed by atoms with van der Waals surface area (Å²) in [4.78, 5) is 2.36. The third-order valence-electron chi connectivity index (χ3n) is 4.19. The molecule has 3 heteroatoms. The van der Waals surface area contributed by atoms with Crippen molar-refractivity contribution < 1.29 is 0 Å². The smallest absolute Gasteiger partial charge is 0.101 e. The van der Waals surface area contributed by atoms with Crippen molar-refractivity contribution in [3.63, 3.8) is 0 Å². The lowest BCUT2D eigenvalue weighted by Gasteiger charge is -2.32. The fourth-order valence-corrected chi connectivity index (χ4v) is 2.81. The summed E-state index contributed by atoms with van der Waals surface area (Å²) in [6.45, 7) is 10.7. The summed E-state index contributed by atoms with van der Waals surface area (Å²) < 4.78 is 0. The van der Waals surface area contributed by atoms with Crippen LogP contribution in [0.4, 0.5) is 5.69 Å². The molecule has 0 bridgehead atoms. The number of benzene rings is 1. The molecule has 0 aromatic heterocycles. The van der Waals surface area contributed by atoms with Crippen molar-refractivity contribution in [1.29, 1.82) is 5.26 Å². The summed E-state index contributed by atoms with van der Waals surface area (Å²) in [5.74, 6) is 1.46. The van der Waals surface area contributed by atoms with Gasteiger partial charge in [0.25, 0.3) is 0 Å². The van der Waals surface area contributed by atoms with E-state index in [1.807, 2.05) is 6.07 Å². The summed E-state index contributed by atoms with van der Waals surface area (Å²) in [7, 11) is 0. The first-order valence-electron chi connectivity index (χ1n) is 8.09. The molecule has 1 aliphatic heterocycles. The minimum absolute atomic E-state index is 0.648. The van der Waals surface area contributed by atoms with Gasteiger partial charge >= 0.3 is 0 Å². The lowest BCUT2D eigenvalue weighted by Crippen LogP contribution is -2.33. The third-order valence-corrected chi connectivity index (χ3v) is 4.19. The molecule has 21 heavy (non-hydrogen) atoms. The molecule has 0 atom stereocenters. The molecule has 114 valence electrons. The van der Waals surface area contributed by atoms with Crippen LogP contribution in [0.1, 0.15) is 44.7 Å². The number of nitrogens with one attached hydrogen (secondary N) is 1. The second kappa shape index (κ2) is 7.47. The number of nitriles is 1. The first-order chi connectivity index (χ1) is 10.1. The predicted molar refractivity (Wildman–Crippen MR) is 88.3 cm³/mol. The first-order valence-corrected chi connectivity index (χ1v) is 8.09. The maximum Gasteiger partial charge on any atom is 0.101 e. The van der Waals surface area contributed by atoms with Gasteiger partial charge in [0, 0.05) is 19.6 Å². The standard InChI is InChI=1S/C18H27N3/c1-14(2)12-20-13-16-4-5-18(17(10-16)11-19)21-8-6-15(3)7-9-21/h4-5,10,14-15,20H,6-9,12-13H2,1-3H3. The number of piperidine rings is 1. The monoisotopic (exact) mass is 285 g/mol. The minimum Gasteiger partial charge on any atom is -0.370 e. The Bertz CT molecular complexity index is 494. The molecule has 0 radical (unpaired) electrons. The number of nitrogens with zero attached hydrogens (tertiary/aromatic N) is 2. The summed E-state index contributed by atoms with van der Waals surface area (Å²) in [5.41, 5.74) is 3.12. The fourth-order valence-electron chi connectivity index (χ4n) is 2.81. The Morgan fingerprint density at radius 3 is 2.67 bits per heavy atom. The van der Waals surface area contributed by atoms with Crippen LogP contribution in [-0.2, 0) is 6.54 Å². The van der Waals surface area contributed by atoms with E-state index in [-0.39, 0.29) is 0 Å². The van der Waals surface area contributed by atoms with E-state index >= 15 is 0 Å². The summed E-state index contributed by atoms with van der Waals surface area (Å²) >= 11 is 0. The highest BCUT2D eigenvalue weighted by Gasteiger charge is 2.18. The topological polar surface area (TPSA) is 39.1 Å². The predicted octanol–water partition coefficient (Wildman–Crippen LogP) is 3.54. The van der Waals surface area contributed by atoms with Gasteiger partial charge in [0.1, 0.15) is 6.07 Å². The van der Waals surface area contributed by atoms with E-state index in [0.29, 0.717) is 5.92 Å². The highest BCUT2D eigenvalue weighted by molar-refractivity contribution is 5.60. The molecule has 0 unspecified atom stereocenters. The molecular weight excluding hydrogens is 258 g/mol. The zero-order valence-corrected chi connectivity index (χ0v) is 13.5. The Morgan fingerprint density at radius 2 is 2.05 bits per heavy atom. The molecule has 0 spiro atoms. The van der Waals surface area contributed by atoms with Crippen LogP contribution in [0.15, 0.2) is 18.2 Å². The Kier molecular flexibility index (Phi) is 5.64. The van der Waals surface area contributed by atoms with Crippen molar-refractivity contribution in [2.24, 2.45) is 11.8 Å². The van der Waals surface area contributed by atoms with Gasteiger partial charge in [-0.05, 0) is 48.9 Å². The Hall–Kier alpha value is -1.53. The van der Waals surface area contributed by atoms with Crippen LogP contribution in [0.5, 0.6) is 0 Å². The third kappa shape index (κ3) is 4.47. The van der Waals surface area contributed by atoms with Crippen LogP contribution < -0.4 is 10.2 Å². The maximum atomic E-state index is 9.44. The fraction of sp³-hybridized carbons (Fsp3) is 0.611. The molecule has 0 saturated carbocycles.